The second-order valence-electron chi connectivity index (χ2n) is 7.13. The fraction of sp³-hybridized carbons (Fsp3) is 0.875. The van der Waals surface area contributed by atoms with E-state index in [1.54, 1.807) is 11.9 Å². The van der Waals surface area contributed by atoms with Crippen molar-refractivity contribution in [2.45, 2.75) is 71.4 Å². The van der Waals surface area contributed by atoms with Gasteiger partial charge in [0.2, 0.25) is 0 Å². The van der Waals surface area contributed by atoms with Crippen molar-refractivity contribution in [3.63, 3.8) is 0 Å². The van der Waals surface area contributed by atoms with Crippen LogP contribution in [0.25, 0.3) is 0 Å². The van der Waals surface area contributed by atoms with Crippen LogP contribution in [0.1, 0.15) is 59.8 Å². The summed E-state index contributed by atoms with van der Waals surface area (Å²) in [6.07, 6.45) is 5.57. The number of carboxylic acid groups (broad SMARTS) is 1. The van der Waals surface area contributed by atoms with E-state index in [9.17, 15) is 9.59 Å². The number of carbonyl (C=O) groups excluding carboxylic acids is 1. The molecular formula is C16H30N2O3. The topological polar surface area (TPSA) is 60.9 Å². The normalized spacial score (nSPS) is 22.7. The van der Waals surface area contributed by atoms with E-state index in [0.717, 1.165) is 31.6 Å². The van der Waals surface area contributed by atoms with Crippen molar-refractivity contribution in [1.29, 1.82) is 0 Å². The molecule has 1 N–H and O–H groups in total. The van der Waals surface area contributed by atoms with Crippen molar-refractivity contribution in [1.82, 2.24) is 9.80 Å². The third kappa shape index (κ3) is 4.90. The molecule has 0 aromatic heterocycles. The van der Waals surface area contributed by atoms with Crippen LogP contribution in [-0.4, -0.2) is 52.1 Å². The van der Waals surface area contributed by atoms with Gasteiger partial charge >= 0.3 is 12.0 Å². The smallest absolute Gasteiger partial charge is 0.323 e. The van der Waals surface area contributed by atoms with Crippen LogP contribution in [0.15, 0.2) is 0 Å². The molecule has 0 radical (unpaired) electrons. The second kappa shape index (κ2) is 7.14. The van der Waals surface area contributed by atoms with Crippen LogP contribution in [0.3, 0.4) is 0 Å². The minimum absolute atomic E-state index is 0.176. The summed E-state index contributed by atoms with van der Waals surface area (Å²) in [4.78, 5) is 26.9. The van der Waals surface area contributed by atoms with E-state index < -0.39 is 11.5 Å². The van der Waals surface area contributed by atoms with Crippen LogP contribution in [-0.2, 0) is 4.79 Å². The van der Waals surface area contributed by atoms with Gasteiger partial charge in [-0.25, -0.2) is 4.79 Å². The van der Waals surface area contributed by atoms with Gasteiger partial charge in [-0.3, -0.25) is 4.79 Å². The molecule has 2 amide bonds. The summed E-state index contributed by atoms with van der Waals surface area (Å²) in [5.74, 6) is -0.191. The van der Waals surface area contributed by atoms with E-state index in [-0.39, 0.29) is 18.6 Å². The Morgan fingerprint density at radius 2 is 1.67 bits per heavy atom. The standard InChI is InChI=1S/C16H30N2O3/c1-6-12-7-9-13(10-8-12)17(5)15(21)18(11-14(19)20)16(2,3)4/h12-13H,6-11H2,1-5H3,(H,19,20). The van der Waals surface area contributed by atoms with Crippen molar-refractivity contribution in [3.8, 4) is 0 Å². The Balaban J connectivity index is 2.72. The molecule has 1 aliphatic carbocycles. The predicted molar refractivity (Wildman–Crippen MR) is 83.3 cm³/mol. The summed E-state index contributed by atoms with van der Waals surface area (Å²) in [5, 5.41) is 9.04. The molecule has 5 heteroatoms. The van der Waals surface area contributed by atoms with Gasteiger partial charge < -0.3 is 14.9 Å². The lowest BCUT2D eigenvalue weighted by Gasteiger charge is -2.41. The van der Waals surface area contributed by atoms with Crippen LogP contribution in [0.5, 0.6) is 0 Å². The lowest BCUT2D eigenvalue weighted by molar-refractivity contribution is -0.138. The molecule has 1 fully saturated rings. The predicted octanol–water partition coefficient (Wildman–Crippen LogP) is 3.19. The van der Waals surface area contributed by atoms with Gasteiger partial charge in [-0.05, 0) is 52.4 Å². The highest BCUT2D eigenvalue weighted by molar-refractivity contribution is 5.81. The van der Waals surface area contributed by atoms with Crippen LogP contribution in [0, 0.1) is 5.92 Å². The number of nitrogens with zero attached hydrogens (tertiary/aromatic N) is 2. The van der Waals surface area contributed by atoms with Crippen LogP contribution >= 0.6 is 0 Å². The monoisotopic (exact) mass is 298 g/mol. The summed E-state index contributed by atoms with van der Waals surface area (Å²) in [5.41, 5.74) is -0.496. The Morgan fingerprint density at radius 1 is 1.14 bits per heavy atom. The number of carboxylic acids is 1. The lowest BCUT2D eigenvalue weighted by atomic mass is 9.84. The van der Waals surface area contributed by atoms with Gasteiger partial charge in [-0.2, -0.15) is 0 Å². The first kappa shape index (κ1) is 17.8. The van der Waals surface area contributed by atoms with Crippen molar-refractivity contribution < 1.29 is 14.7 Å². The molecule has 1 rings (SSSR count). The highest BCUT2D eigenvalue weighted by atomic mass is 16.4. The van der Waals surface area contributed by atoms with Gasteiger partial charge in [-0.1, -0.05) is 13.3 Å². The molecule has 1 saturated carbocycles. The van der Waals surface area contributed by atoms with Crippen molar-refractivity contribution in [2.24, 2.45) is 5.92 Å². The average Bonchev–Trinajstić information content (AvgIpc) is 2.42. The Labute approximate surface area is 128 Å². The molecule has 0 aromatic carbocycles. The quantitative estimate of drug-likeness (QED) is 0.867. The molecule has 5 nitrogen and oxygen atoms in total. The zero-order valence-corrected chi connectivity index (χ0v) is 14.1. The summed E-state index contributed by atoms with van der Waals surface area (Å²) < 4.78 is 0. The maximum Gasteiger partial charge on any atom is 0.323 e. The Kier molecular flexibility index (Phi) is 6.05. The van der Waals surface area contributed by atoms with Crippen molar-refractivity contribution in [2.75, 3.05) is 13.6 Å². The average molecular weight is 298 g/mol. The fourth-order valence-electron chi connectivity index (χ4n) is 3.01. The number of amides is 2. The Bertz CT molecular complexity index is 368. The van der Waals surface area contributed by atoms with Crippen LogP contribution in [0.4, 0.5) is 4.79 Å². The molecule has 0 unspecified atom stereocenters. The minimum Gasteiger partial charge on any atom is -0.480 e. The van der Waals surface area contributed by atoms with E-state index in [2.05, 4.69) is 6.92 Å². The number of hydrogen-bond acceptors (Lipinski definition) is 2. The zero-order chi connectivity index (χ0) is 16.2. The number of urea groups is 1. The first-order chi connectivity index (χ1) is 9.66. The van der Waals surface area contributed by atoms with Gasteiger partial charge in [0.05, 0.1) is 0 Å². The number of carbonyl (C=O) groups is 2. The minimum atomic E-state index is -0.971. The second-order valence-corrected chi connectivity index (χ2v) is 7.13. The maximum absolute atomic E-state index is 12.7. The number of hydrogen-bond donors (Lipinski definition) is 1. The Morgan fingerprint density at radius 3 is 2.05 bits per heavy atom. The highest BCUT2D eigenvalue weighted by Crippen LogP contribution is 2.30. The van der Waals surface area contributed by atoms with Gasteiger partial charge in [0, 0.05) is 18.6 Å². The molecule has 1 aliphatic rings. The molecule has 0 aliphatic heterocycles. The summed E-state index contributed by atoms with van der Waals surface area (Å²) in [7, 11) is 1.81. The lowest BCUT2D eigenvalue weighted by Crippen LogP contribution is -2.55. The SMILES string of the molecule is CCC1CCC(N(C)C(=O)N(CC(=O)O)C(C)(C)C)CC1. The summed E-state index contributed by atoms with van der Waals surface area (Å²) in [6, 6.07) is 0.0591. The highest BCUT2D eigenvalue weighted by Gasteiger charge is 2.34. The van der Waals surface area contributed by atoms with Crippen molar-refractivity contribution >= 4 is 12.0 Å². The molecule has 0 saturated heterocycles. The van der Waals surface area contributed by atoms with E-state index in [1.165, 1.54) is 11.3 Å². The van der Waals surface area contributed by atoms with E-state index in [4.69, 9.17) is 5.11 Å². The van der Waals surface area contributed by atoms with Crippen molar-refractivity contribution in [3.05, 3.63) is 0 Å². The number of aliphatic carboxylic acids is 1. The van der Waals surface area contributed by atoms with Gasteiger partial charge in [0.25, 0.3) is 0 Å². The third-order valence-corrected chi connectivity index (χ3v) is 4.58. The molecule has 0 spiro atoms. The number of rotatable bonds is 4. The molecular weight excluding hydrogens is 268 g/mol. The zero-order valence-electron chi connectivity index (χ0n) is 14.1. The van der Waals surface area contributed by atoms with Gasteiger partial charge in [-0.15, -0.1) is 0 Å². The summed E-state index contributed by atoms with van der Waals surface area (Å²) >= 11 is 0. The Hall–Kier alpha value is -1.26. The molecule has 0 aromatic rings. The summed E-state index contributed by atoms with van der Waals surface area (Å²) in [6.45, 7) is 7.58. The van der Waals surface area contributed by atoms with Gasteiger partial charge in [0.15, 0.2) is 0 Å². The van der Waals surface area contributed by atoms with E-state index in [0.29, 0.717) is 0 Å². The largest absolute Gasteiger partial charge is 0.480 e. The first-order valence-corrected chi connectivity index (χ1v) is 7.93. The molecule has 21 heavy (non-hydrogen) atoms. The molecule has 122 valence electrons. The third-order valence-electron chi connectivity index (χ3n) is 4.58. The van der Waals surface area contributed by atoms with Crippen LogP contribution in [0.2, 0.25) is 0 Å². The van der Waals surface area contributed by atoms with Crippen LogP contribution < -0.4 is 0 Å². The maximum atomic E-state index is 12.7. The van der Waals surface area contributed by atoms with E-state index in [1.807, 2.05) is 20.8 Å². The first-order valence-electron chi connectivity index (χ1n) is 7.93. The molecule has 0 bridgehead atoms. The molecule has 0 atom stereocenters. The van der Waals surface area contributed by atoms with E-state index >= 15 is 0 Å². The molecule has 0 heterocycles. The fourth-order valence-corrected chi connectivity index (χ4v) is 3.01. The van der Waals surface area contributed by atoms with Gasteiger partial charge in [0.1, 0.15) is 6.54 Å².